The first-order valence-electron chi connectivity index (χ1n) is 5.48. The van der Waals surface area contributed by atoms with Crippen molar-refractivity contribution in [1.29, 1.82) is 0 Å². The largest absolute Gasteiger partial charge is 0.353 e. The molecule has 1 unspecified atom stereocenters. The number of amides is 1. The molecule has 2 N–H and O–H groups in total. The van der Waals surface area contributed by atoms with Crippen LogP contribution in [0, 0.1) is 0 Å². The van der Waals surface area contributed by atoms with Crippen LogP contribution in [-0.2, 0) is 15.9 Å². The summed E-state index contributed by atoms with van der Waals surface area (Å²) in [6, 6.07) is 0.283. The Morgan fingerprint density at radius 1 is 1.47 bits per heavy atom. The number of hydrogen-bond acceptors (Lipinski definition) is 2. The summed E-state index contributed by atoms with van der Waals surface area (Å²) in [7, 11) is 0. The van der Waals surface area contributed by atoms with Crippen molar-refractivity contribution in [3.63, 3.8) is 0 Å². The van der Waals surface area contributed by atoms with Gasteiger partial charge in [-0.15, -0.1) is 0 Å². The van der Waals surface area contributed by atoms with Crippen molar-refractivity contribution in [2.75, 3.05) is 0 Å². The van der Waals surface area contributed by atoms with Gasteiger partial charge >= 0.3 is 0 Å². The highest BCUT2D eigenvalue weighted by Gasteiger charge is 2.18. The van der Waals surface area contributed by atoms with E-state index in [0.29, 0.717) is 0 Å². The maximum Gasteiger partial charge on any atom is 0.221 e. The Balaban J connectivity index is 2.25. The second kappa shape index (κ2) is 6.23. The summed E-state index contributed by atoms with van der Waals surface area (Å²) < 4.78 is 19.4. The van der Waals surface area contributed by atoms with Gasteiger partial charge in [-0.2, -0.15) is 0 Å². The Morgan fingerprint density at radius 2 is 2.07 bits per heavy atom. The molecular formula is C10H19NO3S. The van der Waals surface area contributed by atoms with Crippen molar-refractivity contribution in [2.24, 2.45) is 0 Å². The fourth-order valence-electron chi connectivity index (χ4n) is 1.87. The van der Waals surface area contributed by atoms with Crippen molar-refractivity contribution < 1.29 is 13.6 Å². The van der Waals surface area contributed by atoms with Crippen molar-refractivity contribution in [3.8, 4) is 0 Å². The Hall–Kier alpha value is -0.420. The van der Waals surface area contributed by atoms with E-state index in [0.717, 1.165) is 12.8 Å². The molecule has 0 bridgehead atoms. The summed E-state index contributed by atoms with van der Waals surface area (Å²) in [4.78, 5) is 11.5. The van der Waals surface area contributed by atoms with Crippen LogP contribution in [-0.4, -0.2) is 26.0 Å². The zero-order chi connectivity index (χ0) is 11.3. The number of nitrogens with one attached hydrogen (secondary N) is 1. The molecule has 0 heterocycles. The summed E-state index contributed by atoms with van der Waals surface area (Å²) >= 11 is -1.90. The first kappa shape index (κ1) is 12.6. The van der Waals surface area contributed by atoms with Crippen LogP contribution in [0.15, 0.2) is 0 Å². The van der Waals surface area contributed by atoms with Gasteiger partial charge in [0, 0.05) is 12.5 Å². The maximum atomic E-state index is 11.5. The van der Waals surface area contributed by atoms with E-state index in [1.54, 1.807) is 6.92 Å². The fourth-order valence-corrected chi connectivity index (χ4v) is 2.16. The molecule has 1 aliphatic carbocycles. The van der Waals surface area contributed by atoms with E-state index in [1.807, 2.05) is 0 Å². The molecule has 0 saturated heterocycles. The molecule has 1 aliphatic rings. The van der Waals surface area contributed by atoms with Gasteiger partial charge in [0.15, 0.2) is 11.1 Å². The average Bonchev–Trinajstić information content (AvgIpc) is 2.18. The van der Waals surface area contributed by atoms with Gasteiger partial charge < -0.3 is 9.87 Å². The molecule has 0 aromatic carbocycles. The van der Waals surface area contributed by atoms with Crippen LogP contribution in [0.3, 0.4) is 0 Å². The van der Waals surface area contributed by atoms with Gasteiger partial charge in [-0.25, -0.2) is 4.21 Å². The highest BCUT2D eigenvalue weighted by molar-refractivity contribution is 7.79. The van der Waals surface area contributed by atoms with E-state index >= 15 is 0 Å². The van der Waals surface area contributed by atoms with Crippen LogP contribution in [0.1, 0.15) is 45.4 Å². The highest BCUT2D eigenvalue weighted by atomic mass is 32.2. The van der Waals surface area contributed by atoms with Crippen LogP contribution >= 0.6 is 0 Å². The minimum absolute atomic E-state index is 0.100. The van der Waals surface area contributed by atoms with Crippen molar-refractivity contribution in [2.45, 2.75) is 56.7 Å². The van der Waals surface area contributed by atoms with Gasteiger partial charge in [-0.1, -0.05) is 19.3 Å². The van der Waals surface area contributed by atoms with E-state index in [9.17, 15) is 9.00 Å². The van der Waals surface area contributed by atoms with Crippen LogP contribution in [0.4, 0.5) is 0 Å². The predicted octanol–water partition coefficient (Wildman–Crippen LogP) is 1.44. The topological polar surface area (TPSA) is 66.4 Å². The lowest BCUT2D eigenvalue weighted by Crippen LogP contribution is -2.37. The predicted molar refractivity (Wildman–Crippen MR) is 59.9 cm³/mol. The molecule has 2 atom stereocenters. The van der Waals surface area contributed by atoms with Crippen LogP contribution in [0.25, 0.3) is 0 Å². The van der Waals surface area contributed by atoms with Gasteiger partial charge in [0.05, 0.1) is 5.25 Å². The van der Waals surface area contributed by atoms with Crippen LogP contribution < -0.4 is 5.32 Å². The summed E-state index contributed by atoms with van der Waals surface area (Å²) in [5.41, 5.74) is 0. The van der Waals surface area contributed by atoms with Gasteiger partial charge in [0.1, 0.15) is 0 Å². The van der Waals surface area contributed by atoms with Gasteiger partial charge in [0.2, 0.25) is 5.91 Å². The summed E-state index contributed by atoms with van der Waals surface area (Å²) in [5.74, 6) is -0.100. The Bertz CT molecular complexity index is 239. The molecule has 1 saturated carbocycles. The normalized spacial score (nSPS) is 22.0. The third kappa shape index (κ3) is 4.75. The van der Waals surface area contributed by atoms with Gasteiger partial charge in [-0.05, 0) is 19.8 Å². The minimum Gasteiger partial charge on any atom is -0.353 e. The van der Waals surface area contributed by atoms with Crippen LogP contribution in [0.2, 0.25) is 0 Å². The van der Waals surface area contributed by atoms with Gasteiger partial charge in [0.25, 0.3) is 0 Å². The molecule has 1 amide bonds. The lowest BCUT2D eigenvalue weighted by atomic mass is 9.95. The Labute approximate surface area is 93.1 Å². The van der Waals surface area contributed by atoms with Crippen LogP contribution in [0.5, 0.6) is 0 Å². The molecule has 88 valence electrons. The molecule has 15 heavy (non-hydrogen) atoms. The molecule has 1 fully saturated rings. The zero-order valence-corrected chi connectivity index (χ0v) is 9.89. The first-order chi connectivity index (χ1) is 7.09. The Kier molecular flexibility index (Phi) is 5.25. The molecular weight excluding hydrogens is 214 g/mol. The highest BCUT2D eigenvalue weighted by Crippen LogP contribution is 2.17. The minimum atomic E-state index is -1.90. The van der Waals surface area contributed by atoms with E-state index in [1.165, 1.54) is 19.3 Å². The Morgan fingerprint density at radius 3 is 2.60 bits per heavy atom. The van der Waals surface area contributed by atoms with E-state index < -0.39 is 16.3 Å². The molecule has 0 aromatic rings. The van der Waals surface area contributed by atoms with E-state index in [-0.39, 0.29) is 18.4 Å². The molecule has 0 aliphatic heterocycles. The van der Waals surface area contributed by atoms with E-state index in [2.05, 4.69) is 5.32 Å². The standard InChI is InChI=1S/C10H19NO3S/c1-8(15(13)14)7-10(12)11-9-5-3-2-4-6-9/h8-9H,2-7H2,1H3,(H,11,12)(H,13,14)/t8-/m1/s1. The number of carbonyl (C=O) groups is 1. The third-order valence-corrected chi connectivity index (χ3v) is 3.64. The lowest BCUT2D eigenvalue weighted by molar-refractivity contribution is -0.121. The first-order valence-corrected chi connectivity index (χ1v) is 6.65. The summed E-state index contributed by atoms with van der Waals surface area (Å²) in [5, 5.41) is 2.44. The molecule has 5 heteroatoms. The van der Waals surface area contributed by atoms with Gasteiger partial charge in [-0.3, -0.25) is 4.79 Å². The number of carbonyl (C=O) groups excluding carboxylic acids is 1. The molecule has 4 nitrogen and oxygen atoms in total. The molecule has 0 spiro atoms. The molecule has 1 rings (SSSR count). The quantitative estimate of drug-likeness (QED) is 0.722. The fraction of sp³-hybridized carbons (Fsp3) is 0.900. The number of rotatable bonds is 4. The maximum absolute atomic E-state index is 11.5. The monoisotopic (exact) mass is 233 g/mol. The number of hydrogen-bond donors (Lipinski definition) is 2. The van der Waals surface area contributed by atoms with Crippen molar-refractivity contribution in [1.82, 2.24) is 5.32 Å². The molecule has 0 radical (unpaired) electrons. The average molecular weight is 233 g/mol. The smallest absolute Gasteiger partial charge is 0.221 e. The summed E-state index contributed by atoms with van der Waals surface area (Å²) in [6.07, 6.45) is 5.83. The SMILES string of the molecule is C[C@H](CC(=O)NC1CCCCC1)S(=O)O. The van der Waals surface area contributed by atoms with Crippen molar-refractivity contribution >= 4 is 17.0 Å². The van der Waals surface area contributed by atoms with E-state index in [4.69, 9.17) is 4.55 Å². The van der Waals surface area contributed by atoms with Crippen molar-refractivity contribution in [3.05, 3.63) is 0 Å². The third-order valence-electron chi connectivity index (χ3n) is 2.79. The second-order valence-electron chi connectivity index (χ2n) is 4.19. The summed E-state index contributed by atoms with van der Waals surface area (Å²) in [6.45, 7) is 1.61. The molecule has 0 aromatic heterocycles. The zero-order valence-electron chi connectivity index (χ0n) is 9.07. The second-order valence-corrected chi connectivity index (χ2v) is 5.55. The lowest BCUT2D eigenvalue weighted by Gasteiger charge is -2.23.